The van der Waals surface area contributed by atoms with Crippen molar-refractivity contribution in [3.05, 3.63) is 71.8 Å². The monoisotopic (exact) mass is 332 g/mol. The van der Waals surface area contributed by atoms with Crippen molar-refractivity contribution in [2.24, 2.45) is 0 Å². The van der Waals surface area contributed by atoms with Crippen LogP contribution in [0.1, 0.15) is 25.0 Å². The van der Waals surface area contributed by atoms with Crippen LogP contribution in [-0.4, -0.2) is 17.5 Å². The van der Waals surface area contributed by atoms with Crippen LogP contribution in [0.15, 0.2) is 55.1 Å². The third kappa shape index (κ3) is 3.39. The highest BCUT2D eigenvalue weighted by molar-refractivity contribution is 5.65. The zero-order valence-electron chi connectivity index (χ0n) is 14.5. The molecule has 126 valence electrons. The number of hydrogen-bond acceptors (Lipinski definition) is 1. The van der Waals surface area contributed by atoms with Crippen molar-refractivity contribution in [2.45, 2.75) is 32.1 Å². The summed E-state index contributed by atoms with van der Waals surface area (Å²) >= 11 is 0. The zero-order chi connectivity index (χ0) is 18.2. The molecule has 2 atom stereocenters. The van der Waals surface area contributed by atoms with Gasteiger partial charge in [0.05, 0.1) is 5.56 Å². The summed E-state index contributed by atoms with van der Waals surface area (Å²) in [4.78, 5) is 2.06. The summed E-state index contributed by atoms with van der Waals surface area (Å²) in [5.41, 5.74) is 3.36. The summed E-state index contributed by atoms with van der Waals surface area (Å²) in [5, 5.41) is 0. The van der Waals surface area contributed by atoms with Crippen molar-refractivity contribution in [3.8, 4) is 11.1 Å². The first-order valence-electron chi connectivity index (χ1n) is 8.47. The summed E-state index contributed by atoms with van der Waals surface area (Å²) < 4.78 is 46.2. The van der Waals surface area contributed by atoms with E-state index in [-0.39, 0.29) is 6.04 Å². The molecule has 1 aliphatic rings. The largest absolute Gasteiger partial charge is 0.416 e. The zero-order valence-corrected chi connectivity index (χ0v) is 13.5. The number of fused-ring (bicyclic) bond motifs is 1. The highest BCUT2D eigenvalue weighted by Crippen LogP contribution is 2.32. The lowest BCUT2D eigenvalue weighted by molar-refractivity contribution is -0.137. The van der Waals surface area contributed by atoms with Gasteiger partial charge >= 0.3 is 6.18 Å². The summed E-state index contributed by atoms with van der Waals surface area (Å²) in [6.07, 6.45) is -1.86. The van der Waals surface area contributed by atoms with Gasteiger partial charge in [-0.1, -0.05) is 30.3 Å². The maximum absolute atomic E-state index is 12.7. The van der Waals surface area contributed by atoms with Gasteiger partial charge in [-0.15, -0.1) is 6.58 Å². The van der Waals surface area contributed by atoms with Gasteiger partial charge in [0.15, 0.2) is 0 Å². The molecular weight excluding hydrogens is 311 g/mol. The molecule has 0 amide bonds. The molecule has 0 bridgehead atoms. The van der Waals surface area contributed by atoms with Gasteiger partial charge in [0.25, 0.3) is 0 Å². The van der Waals surface area contributed by atoms with Crippen LogP contribution in [0.3, 0.4) is 0 Å². The maximum atomic E-state index is 12.7. The third-order valence-electron chi connectivity index (χ3n) is 4.48. The molecule has 1 aliphatic heterocycles. The van der Waals surface area contributed by atoms with Crippen LogP contribution in [0, 0.1) is 0 Å². The molecule has 2 aromatic rings. The third-order valence-corrected chi connectivity index (χ3v) is 4.48. The number of hydrogen-bond donors (Lipinski definition) is 0. The fourth-order valence-electron chi connectivity index (χ4n) is 3.13. The lowest BCUT2D eigenvalue weighted by Gasteiger charge is -2.34. The number of nitrogens with zero attached hydrogens (tertiary/aromatic N) is 1. The quantitative estimate of drug-likeness (QED) is 0.689. The molecule has 4 heteroatoms. The standard InChI is InChI=1S/C20H20F3N/c1-3-10-24-13-18-12-17(5-4-16(18)11-14(24)2)15-6-8-19(9-7-15)20(21,22)23/h3-9,12,14H,1,10-11,13H2,2H3/i10D. The number of rotatable bonds is 3. The Morgan fingerprint density at radius 2 is 1.83 bits per heavy atom. The Morgan fingerprint density at radius 1 is 1.17 bits per heavy atom. The van der Waals surface area contributed by atoms with E-state index in [0.717, 1.165) is 35.2 Å². The van der Waals surface area contributed by atoms with Crippen LogP contribution in [0.5, 0.6) is 0 Å². The SMILES string of the molecule is [2H]C(C=C)N1Cc2cc(-c3ccc(C(F)(F)F)cc3)ccc2CC1C. The van der Waals surface area contributed by atoms with Crippen LogP contribution < -0.4 is 0 Å². The fraction of sp³-hybridized carbons (Fsp3) is 0.300. The Kier molecular flexibility index (Phi) is 4.15. The minimum absolute atomic E-state index is 0.255. The van der Waals surface area contributed by atoms with Gasteiger partial charge in [-0.25, -0.2) is 0 Å². The van der Waals surface area contributed by atoms with E-state index < -0.39 is 18.3 Å². The van der Waals surface area contributed by atoms with Gasteiger partial charge in [-0.05, 0) is 53.8 Å². The Labute approximate surface area is 141 Å². The van der Waals surface area contributed by atoms with Gasteiger partial charge in [0, 0.05) is 20.5 Å². The van der Waals surface area contributed by atoms with Crippen molar-refractivity contribution in [3.63, 3.8) is 0 Å². The number of benzene rings is 2. The minimum atomic E-state index is -4.32. The van der Waals surface area contributed by atoms with Crippen LogP contribution in [-0.2, 0) is 19.1 Å². The molecule has 1 nitrogen and oxygen atoms in total. The Bertz CT molecular complexity index is 768. The second kappa shape index (κ2) is 6.44. The van der Waals surface area contributed by atoms with Crippen LogP contribution in [0.25, 0.3) is 11.1 Å². The highest BCUT2D eigenvalue weighted by atomic mass is 19.4. The molecule has 0 radical (unpaired) electrons. The van der Waals surface area contributed by atoms with Crippen LogP contribution in [0.2, 0.25) is 0 Å². The average Bonchev–Trinajstić information content (AvgIpc) is 2.59. The lowest BCUT2D eigenvalue weighted by atomic mass is 9.91. The van der Waals surface area contributed by atoms with Crippen molar-refractivity contribution >= 4 is 0 Å². The van der Waals surface area contributed by atoms with Crippen LogP contribution in [0.4, 0.5) is 13.2 Å². The molecule has 0 saturated heterocycles. The van der Waals surface area contributed by atoms with E-state index in [9.17, 15) is 13.2 Å². The molecule has 2 unspecified atom stereocenters. The molecule has 0 saturated carbocycles. The highest BCUT2D eigenvalue weighted by Gasteiger charge is 2.30. The molecule has 3 rings (SSSR count). The summed E-state index contributed by atoms with van der Waals surface area (Å²) in [5.74, 6) is 0. The Balaban J connectivity index is 1.90. The van der Waals surface area contributed by atoms with Gasteiger partial charge in [0.1, 0.15) is 0 Å². The minimum Gasteiger partial charge on any atom is -0.292 e. The van der Waals surface area contributed by atoms with E-state index >= 15 is 0 Å². The van der Waals surface area contributed by atoms with E-state index in [1.54, 1.807) is 6.08 Å². The Morgan fingerprint density at radius 3 is 2.46 bits per heavy atom. The first-order chi connectivity index (χ1) is 11.8. The van der Waals surface area contributed by atoms with Gasteiger partial charge in [0.2, 0.25) is 0 Å². The molecule has 0 aliphatic carbocycles. The maximum Gasteiger partial charge on any atom is 0.416 e. The predicted molar refractivity (Wildman–Crippen MR) is 90.7 cm³/mol. The molecule has 0 N–H and O–H groups in total. The molecule has 1 heterocycles. The number of alkyl halides is 3. The topological polar surface area (TPSA) is 3.24 Å². The van der Waals surface area contributed by atoms with E-state index in [1.165, 1.54) is 17.7 Å². The second-order valence-corrected chi connectivity index (χ2v) is 6.17. The first-order valence-corrected chi connectivity index (χ1v) is 7.89. The van der Waals surface area contributed by atoms with E-state index in [2.05, 4.69) is 18.4 Å². The van der Waals surface area contributed by atoms with Crippen molar-refractivity contribution in [1.29, 1.82) is 0 Å². The molecule has 0 aromatic heterocycles. The summed E-state index contributed by atoms with van der Waals surface area (Å²) in [6.45, 7) is 5.98. The summed E-state index contributed by atoms with van der Waals surface area (Å²) in [7, 11) is 0. The van der Waals surface area contributed by atoms with Gasteiger partial charge in [-0.3, -0.25) is 4.90 Å². The Hall–Kier alpha value is -2.07. The first kappa shape index (κ1) is 15.5. The molecule has 0 fully saturated rings. The van der Waals surface area contributed by atoms with Gasteiger partial charge < -0.3 is 0 Å². The normalized spacial score (nSPS) is 20.2. The average molecular weight is 332 g/mol. The van der Waals surface area contributed by atoms with E-state index in [1.807, 2.05) is 18.2 Å². The fourth-order valence-corrected chi connectivity index (χ4v) is 3.13. The van der Waals surface area contributed by atoms with Crippen molar-refractivity contribution < 1.29 is 14.5 Å². The molecule has 24 heavy (non-hydrogen) atoms. The van der Waals surface area contributed by atoms with Crippen LogP contribution >= 0.6 is 0 Å². The number of halogens is 3. The lowest BCUT2D eigenvalue weighted by Crippen LogP contribution is -2.38. The van der Waals surface area contributed by atoms with Gasteiger partial charge in [-0.2, -0.15) is 13.2 Å². The molecular formula is C20H20F3N. The van der Waals surface area contributed by atoms with Crippen molar-refractivity contribution in [1.82, 2.24) is 4.90 Å². The van der Waals surface area contributed by atoms with E-state index in [0.29, 0.717) is 6.54 Å². The smallest absolute Gasteiger partial charge is 0.292 e. The molecule has 0 spiro atoms. The second-order valence-electron chi connectivity index (χ2n) is 6.17. The van der Waals surface area contributed by atoms with E-state index in [4.69, 9.17) is 1.37 Å². The molecule has 2 aromatic carbocycles. The predicted octanol–water partition coefficient (Wildman–Crippen LogP) is 5.31. The summed E-state index contributed by atoms with van der Waals surface area (Å²) in [6, 6.07) is 11.5. The van der Waals surface area contributed by atoms with Crippen molar-refractivity contribution in [2.75, 3.05) is 6.52 Å².